The molecule has 0 bridgehead atoms. The fourth-order valence-electron chi connectivity index (χ4n) is 0.197. The van der Waals surface area contributed by atoms with Crippen LogP contribution >= 0.6 is 0 Å². The van der Waals surface area contributed by atoms with Crippen LogP contribution in [0, 0.1) is 0 Å². The zero-order valence-corrected chi connectivity index (χ0v) is 5.78. The Morgan fingerprint density at radius 1 is 1.62 bits per heavy atom. The van der Waals surface area contributed by atoms with Gasteiger partial charge in [0.2, 0.25) is 0 Å². The first-order chi connectivity index (χ1) is 3.62. The summed E-state index contributed by atoms with van der Waals surface area (Å²) in [5.74, 6) is 0. The predicted octanol–water partition coefficient (Wildman–Crippen LogP) is 1.69. The Morgan fingerprint density at radius 3 is 1.75 bits per heavy atom. The van der Waals surface area contributed by atoms with Crippen LogP contribution in [0.15, 0.2) is 12.7 Å². The summed E-state index contributed by atoms with van der Waals surface area (Å²) in [6.45, 7) is 7.33. The van der Waals surface area contributed by atoms with Gasteiger partial charge in [0, 0.05) is 5.54 Å². The van der Waals surface area contributed by atoms with Gasteiger partial charge >= 0.3 is 0 Å². The molecule has 1 fully saturated rings. The minimum absolute atomic E-state index is 0.250. The van der Waals surface area contributed by atoms with Gasteiger partial charge in [0.15, 0.2) is 0 Å². The molecule has 0 atom stereocenters. The Morgan fingerprint density at radius 2 is 1.75 bits per heavy atom. The summed E-state index contributed by atoms with van der Waals surface area (Å²) in [4.78, 5) is 0. The third-order valence-corrected chi connectivity index (χ3v) is 1.04. The summed E-state index contributed by atoms with van der Waals surface area (Å²) in [6, 6.07) is 0. The van der Waals surface area contributed by atoms with E-state index in [-0.39, 0.29) is 5.54 Å². The second-order valence-electron chi connectivity index (χ2n) is 2.56. The van der Waals surface area contributed by atoms with Crippen LogP contribution in [0.5, 0.6) is 0 Å². The van der Waals surface area contributed by atoms with Crippen LogP contribution in [0.4, 0.5) is 0 Å². The zero-order valence-electron chi connectivity index (χ0n) is 5.78. The lowest BCUT2D eigenvalue weighted by molar-refractivity contribution is 0.762. The molecule has 1 nitrogen and oxygen atoms in total. The third kappa shape index (κ3) is 5.70. The molecule has 0 spiro atoms. The van der Waals surface area contributed by atoms with Gasteiger partial charge in [-0.05, 0) is 26.7 Å². The number of hydrogen-bond donors (Lipinski definition) is 1. The van der Waals surface area contributed by atoms with Crippen LogP contribution in [-0.4, -0.2) is 5.54 Å². The molecule has 1 heteroatoms. The molecule has 1 aliphatic rings. The van der Waals surface area contributed by atoms with Crippen LogP contribution < -0.4 is 5.73 Å². The molecule has 0 unspecified atom stereocenters. The molecular formula is C7H15N. The Labute approximate surface area is 51.6 Å². The van der Waals surface area contributed by atoms with Crippen molar-refractivity contribution in [3.05, 3.63) is 12.7 Å². The summed E-state index contributed by atoms with van der Waals surface area (Å²) in [5, 5.41) is 0. The van der Waals surface area contributed by atoms with Crippen molar-refractivity contribution in [2.75, 3.05) is 0 Å². The monoisotopic (exact) mass is 113 g/mol. The van der Waals surface area contributed by atoms with Crippen LogP contribution in [0.2, 0.25) is 0 Å². The Balaban J connectivity index is 0.000000145. The highest BCUT2D eigenvalue weighted by molar-refractivity contribution is 4.93. The molecule has 1 aliphatic carbocycles. The maximum atomic E-state index is 5.47. The summed E-state index contributed by atoms with van der Waals surface area (Å²) >= 11 is 0. The number of rotatable bonds is 0. The lowest BCUT2D eigenvalue weighted by Crippen LogP contribution is -2.14. The van der Waals surface area contributed by atoms with E-state index in [0.29, 0.717) is 0 Å². The van der Waals surface area contributed by atoms with Crippen LogP contribution in [-0.2, 0) is 0 Å². The largest absolute Gasteiger partial charge is 0.325 e. The minimum Gasteiger partial charge on any atom is -0.325 e. The maximum absolute atomic E-state index is 5.47. The fourth-order valence-corrected chi connectivity index (χ4v) is 0.197. The topological polar surface area (TPSA) is 26.0 Å². The van der Waals surface area contributed by atoms with Crippen molar-refractivity contribution in [1.29, 1.82) is 0 Å². The van der Waals surface area contributed by atoms with Gasteiger partial charge in [0.05, 0.1) is 0 Å². The molecule has 0 aromatic rings. The van der Waals surface area contributed by atoms with Gasteiger partial charge in [-0.3, -0.25) is 0 Å². The van der Waals surface area contributed by atoms with Crippen molar-refractivity contribution in [3.63, 3.8) is 0 Å². The number of allylic oxidation sites excluding steroid dienone is 1. The van der Waals surface area contributed by atoms with Gasteiger partial charge in [0.1, 0.15) is 0 Å². The Bertz CT molecular complexity index is 68.5. The summed E-state index contributed by atoms with van der Waals surface area (Å²) in [7, 11) is 0. The molecule has 8 heavy (non-hydrogen) atoms. The number of nitrogens with two attached hydrogens (primary N) is 1. The van der Waals surface area contributed by atoms with Crippen LogP contribution in [0.25, 0.3) is 0 Å². The van der Waals surface area contributed by atoms with Crippen LogP contribution in [0.3, 0.4) is 0 Å². The zero-order chi connectivity index (χ0) is 6.62. The molecule has 0 aliphatic heterocycles. The van der Waals surface area contributed by atoms with Gasteiger partial charge in [-0.15, -0.1) is 6.58 Å². The molecular weight excluding hydrogens is 98.1 g/mol. The second kappa shape index (κ2) is 2.88. The molecule has 0 aromatic heterocycles. The van der Waals surface area contributed by atoms with E-state index in [1.54, 1.807) is 6.08 Å². The normalized spacial score (nSPS) is 20.4. The van der Waals surface area contributed by atoms with Crippen molar-refractivity contribution < 1.29 is 0 Å². The first kappa shape index (κ1) is 7.70. The highest BCUT2D eigenvalue weighted by atomic mass is 14.8. The van der Waals surface area contributed by atoms with E-state index in [1.807, 2.05) is 6.92 Å². The van der Waals surface area contributed by atoms with E-state index >= 15 is 0 Å². The van der Waals surface area contributed by atoms with E-state index in [9.17, 15) is 0 Å². The molecule has 1 saturated carbocycles. The standard InChI is InChI=1S/C4H9N.C3H6/c1-4(5)2-3-4;1-3-2/h2-3,5H2,1H3;3H,1H2,2H3. The fraction of sp³-hybridized carbons (Fsp3) is 0.714. The lowest BCUT2D eigenvalue weighted by Gasteiger charge is -1.88. The van der Waals surface area contributed by atoms with Gasteiger partial charge < -0.3 is 5.73 Å². The van der Waals surface area contributed by atoms with Crippen molar-refractivity contribution in [1.82, 2.24) is 0 Å². The number of hydrogen-bond acceptors (Lipinski definition) is 1. The lowest BCUT2D eigenvalue weighted by atomic mass is 10.4. The smallest absolute Gasteiger partial charge is 0.0127 e. The molecule has 48 valence electrons. The SMILES string of the molecule is C=CC.CC1(N)CC1. The summed E-state index contributed by atoms with van der Waals surface area (Å²) in [6.07, 6.45) is 4.21. The molecule has 0 saturated heterocycles. The quantitative estimate of drug-likeness (QED) is 0.475. The first-order valence-corrected chi connectivity index (χ1v) is 2.98. The molecule has 0 aromatic carbocycles. The minimum atomic E-state index is 0.250. The van der Waals surface area contributed by atoms with Crippen molar-refractivity contribution in [2.45, 2.75) is 32.2 Å². The second-order valence-corrected chi connectivity index (χ2v) is 2.56. The van der Waals surface area contributed by atoms with Crippen LogP contribution in [0.1, 0.15) is 26.7 Å². The average Bonchev–Trinajstić information content (AvgIpc) is 2.22. The Hall–Kier alpha value is -0.300. The van der Waals surface area contributed by atoms with Gasteiger partial charge in [-0.2, -0.15) is 0 Å². The molecule has 0 amide bonds. The first-order valence-electron chi connectivity index (χ1n) is 2.98. The maximum Gasteiger partial charge on any atom is 0.0127 e. The molecule has 0 radical (unpaired) electrons. The van der Waals surface area contributed by atoms with E-state index in [0.717, 1.165) is 0 Å². The van der Waals surface area contributed by atoms with Crippen molar-refractivity contribution in [3.8, 4) is 0 Å². The predicted molar refractivity (Wildman–Crippen MR) is 37.7 cm³/mol. The summed E-state index contributed by atoms with van der Waals surface area (Å²) < 4.78 is 0. The molecule has 2 N–H and O–H groups in total. The van der Waals surface area contributed by atoms with Gasteiger partial charge in [-0.1, -0.05) is 6.08 Å². The Kier molecular flexibility index (Phi) is 2.77. The third-order valence-electron chi connectivity index (χ3n) is 1.04. The van der Waals surface area contributed by atoms with Crippen molar-refractivity contribution >= 4 is 0 Å². The molecule has 1 rings (SSSR count). The summed E-state index contributed by atoms with van der Waals surface area (Å²) in [5.41, 5.74) is 5.72. The van der Waals surface area contributed by atoms with Gasteiger partial charge in [0.25, 0.3) is 0 Å². The molecule has 0 heterocycles. The van der Waals surface area contributed by atoms with E-state index in [1.165, 1.54) is 12.8 Å². The highest BCUT2D eigenvalue weighted by Crippen LogP contribution is 2.30. The van der Waals surface area contributed by atoms with Crippen molar-refractivity contribution in [2.24, 2.45) is 5.73 Å². The van der Waals surface area contributed by atoms with E-state index in [4.69, 9.17) is 5.73 Å². The van der Waals surface area contributed by atoms with E-state index in [2.05, 4.69) is 13.5 Å². The highest BCUT2D eigenvalue weighted by Gasteiger charge is 2.31. The average molecular weight is 113 g/mol. The van der Waals surface area contributed by atoms with Gasteiger partial charge in [-0.25, -0.2) is 0 Å². The van der Waals surface area contributed by atoms with E-state index < -0.39 is 0 Å².